The Balaban J connectivity index is -0.00000162. The average Bonchev–Trinajstić information content (AvgIpc) is 2.43. The van der Waals surface area contributed by atoms with Gasteiger partial charge in [0.1, 0.15) is 0 Å². The van der Waals surface area contributed by atoms with Gasteiger partial charge in [-0.15, -0.1) is 0 Å². The van der Waals surface area contributed by atoms with Gasteiger partial charge in [0.25, 0.3) is 0 Å². The van der Waals surface area contributed by atoms with Crippen molar-refractivity contribution in [3.05, 3.63) is 12.2 Å². The van der Waals surface area contributed by atoms with Crippen molar-refractivity contribution in [2.45, 2.75) is 96.8 Å². The van der Waals surface area contributed by atoms with Crippen LogP contribution in [0.3, 0.4) is 0 Å². The van der Waals surface area contributed by atoms with E-state index in [1.165, 1.54) is 89.9 Å². The Morgan fingerprint density at radius 1 is 0.619 bits per heavy atom. The Morgan fingerprint density at radius 2 is 1.00 bits per heavy atom. The molecule has 0 aromatic rings. The summed E-state index contributed by atoms with van der Waals surface area (Å²) in [5.74, 6) is 0. The van der Waals surface area contributed by atoms with Crippen LogP contribution < -0.4 is 5.73 Å². The summed E-state index contributed by atoms with van der Waals surface area (Å²) in [7, 11) is 0. The third-order valence-electron chi connectivity index (χ3n) is 3.72. The van der Waals surface area contributed by atoms with E-state index >= 15 is 0 Å². The van der Waals surface area contributed by atoms with Crippen LogP contribution in [0.1, 0.15) is 96.8 Å². The second kappa shape index (κ2) is 26.0. The minimum atomic E-state index is 0. The zero-order valence-electron chi connectivity index (χ0n) is 13.6. The second-order valence-corrected chi connectivity index (χ2v) is 5.73. The molecule has 0 atom stereocenters. The van der Waals surface area contributed by atoms with Gasteiger partial charge in [-0.2, -0.15) is 0 Å². The first-order valence-corrected chi connectivity index (χ1v) is 8.77. The summed E-state index contributed by atoms with van der Waals surface area (Å²) in [6.45, 7) is 3.14. The van der Waals surface area contributed by atoms with E-state index in [1.54, 1.807) is 0 Å². The molecule has 0 aliphatic heterocycles. The van der Waals surface area contributed by atoms with Crippen molar-refractivity contribution in [3.8, 4) is 0 Å². The SMILES string of the molecule is CCCCCCCC/C=C\CCCCCCCCN.[Cu].[InH3]. The fourth-order valence-corrected chi connectivity index (χ4v) is 2.39. The minimum absolute atomic E-state index is 0. The molecular weight excluding hydrogens is 409 g/mol. The average molecular weight is 449 g/mol. The van der Waals surface area contributed by atoms with Crippen LogP contribution in [-0.4, -0.2) is 32.4 Å². The molecule has 0 aromatic heterocycles. The quantitative estimate of drug-likeness (QED) is 0.217. The Labute approximate surface area is 163 Å². The van der Waals surface area contributed by atoms with E-state index in [0.717, 1.165) is 6.54 Å². The van der Waals surface area contributed by atoms with Gasteiger partial charge >= 0.3 is 25.8 Å². The summed E-state index contributed by atoms with van der Waals surface area (Å²) < 4.78 is 0. The number of hydrogen-bond acceptors (Lipinski definition) is 1. The standard InChI is InChI=1S/C18H37N.Cu.In.3H/c1-2-3-4-5-6-7-8-9-10-11-12-13-14-15-16-17-18-19;;;;;/h9-10H,2-8,11-19H2,1H3;;;;;/b10-9-;;;;;. The van der Waals surface area contributed by atoms with Crippen LogP contribution in [0, 0.1) is 0 Å². The number of rotatable bonds is 15. The van der Waals surface area contributed by atoms with Crippen LogP contribution in [-0.2, 0) is 17.1 Å². The van der Waals surface area contributed by atoms with E-state index in [0.29, 0.717) is 0 Å². The van der Waals surface area contributed by atoms with Crippen molar-refractivity contribution < 1.29 is 17.1 Å². The third kappa shape index (κ3) is 26.3. The van der Waals surface area contributed by atoms with Gasteiger partial charge in [-0.25, -0.2) is 0 Å². The molecule has 0 saturated heterocycles. The molecule has 0 rings (SSSR count). The van der Waals surface area contributed by atoms with Gasteiger partial charge in [-0.05, 0) is 38.6 Å². The van der Waals surface area contributed by atoms with Gasteiger partial charge in [0, 0.05) is 17.1 Å². The van der Waals surface area contributed by atoms with Gasteiger partial charge in [0.15, 0.2) is 0 Å². The molecule has 0 aliphatic rings. The molecule has 2 N–H and O–H groups in total. The molecular formula is C18H40CuInN. The molecule has 0 heterocycles. The van der Waals surface area contributed by atoms with Crippen LogP contribution in [0.25, 0.3) is 0 Å². The zero-order chi connectivity index (χ0) is 14.0. The third-order valence-corrected chi connectivity index (χ3v) is 3.72. The molecule has 131 valence electrons. The van der Waals surface area contributed by atoms with E-state index in [1.807, 2.05) is 0 Å². The summed E-state index contributed by atoms with van der Waals surface area (Å²) in [6, 6.07) is 0. The Morgan fingerprint density at radius 3 is 1.43 bits per heavy atom. The van der Waals surface area contributed by atoms with Gasteiger partial charge in [0.2, 0.25) is 0 Å². The van der Waals surface area contributed by atoms with Crippen LogP contribution in [0.2, 0.25) is 0 Å². The Kier molecular flexibility index (Phi) is 33.4. The van der Waals surface area contributed by atoms with Crippen molar-refractivity contribution in [1.29, 1.82) is 0 Å². The van der Waals surface area contributed by atoms with E-state index in [4.69, 9.17) is 5.73 Å². The predicted molar refractivity (Wildman–Crippen MR) is 98.4 cm³/mol. The first-order chi connectivity index (χ1) is 9.41. The first kappa shape index (κ1) is 27.0. The molecule has 1 nitrogen and oxygen atoms in total. The summed E-state index contributed by atoms with van der Waals surface area (Å²) in [4.78, 5) is 0. The first-order valence-electron chi connectivity index (χ1n) is 8.77. The van der Waals surface area contributed by atoms with E-state index < -0.39 is 0 Å². The fourth-order valence-electron chi connectivity index (χ4n) is 2.39. The topological polar surface area (TPSA) is 26.0 Å². The van der Waals surface area contributed by atoms with Gasteiger partial charge in [-0.1, -0.05) is 76.9 Å². The van der Waals surface area contributed by atoms with Crippen LogP contribution in [0.4, 0.5) is 0 Å². The number of allylic oxidation sites excluding steroid dienone is 2. The van der Waals surface area contributed by atoms with Crippen LogP contribution in [0.5, 0.6) is 0 Å². The van der Waals surface area contributed by atoms with Crippen molar-refractivity contribution in [1.82, 2.24) is 0 Å². The number of nitrogens with two attached hydrogens (primary N) is 1. The summed E-state index contributed by atoms with van der Waals surface area (Å²) >= 11 is 0. The Hall–Kier alpha value is 1.09. The zero-order valence-corrected chi connectivity index (χ0v) is 14.6. The van der Waals surface area contributed by atoms with E-state index in [2.05, 4.69) is 19.1 Å². The monoisotopic (exact) mass is 448 g/mol. The molecule has 21 heavy (non-hydrogen) atoms. The predicted octanol–water partition coefficient (Wildman–Crippen LogP) is 4.80. The van der Waals surface area contributed by atoms with Crippen LogP contribution in [0.15, 0.2) is 12.2 Å². The fraction of sp³-hybridized carbons (Fsp3) is 0.889. The van der Waals surface area contributed by atoms with Crippen molar-refractivity contribution >= 4 is 25.8 Å². The maximum atomic E-state index is 5.47. The summed E-state index contributed by atoms with van der Waals surface area (Å²) in [5.41, 5.74) is 5.47. The summed E-state index contributed by atoms with van der Waals surface area (Å²) in [6.07, 6.45) is 23.9. The van der Waals surface area contributed by atoms with Crippen molar-refractivity contribution in [3.63, 3.8) is 0 Å². The normalized spacial score (nSPS) is 10.4. The summed E-state index contributed by atoms with van der Waals surface area (Å²) in [5, 5.41) is 0. The number of unbranched alkanes of at least 4 members (excludes halogenated alkanes) is 12. The molecule has 0 unspecified atom stereocenters. The molecule has 0 spiro atoms. The van der Waals surface area contributed by atoms with Gasteiger partial charge in [0.05, 0.1) is 0 Å². The van der Waals surface area contributed by atoms with Crippen molar-refractivity contribution in [2.24, 2.45) is 5.73 Å². The molecule has 0 bridgehead atoms. The molecule has 0 aliphatic carbocycles. The van der Waals surface area contributed by atoms with Crippen LogP contribution >= 0.6 is 0 Å². The molecule has 0 amide bonds. The molecule has 0 saturated carbocycles. The molecule has 1 radical (unpaired) electrons. The second-order valence-electron chi connectivity index (χ2n) is 5.73. The van der Waals surface area contributed by atoms with Gasteiger partial charge in [-0.3, -0.25) is 0 Å². The molecule has 0 aromatic carbocycles. The molecule has 3 heteroatoms. The van der Waals surface area contributed by atoms with Gasteiger partial charge < -0.3 is 5.73 Å². The van der Waals surface area contributed by atoms with Crippen molar-refractivity contribution in [2.75, 3.05) is 6.54 Å². The maximum absolute atomic E-state index is 5.47. The Bertz CT molecular complexity index is 186. The molecule has 0 fully saturated rings. The number of hydrogen-bond donors (Lipinski definition) is 1. The van der Waals surface area contributed by atoms with E-state index in [-0.39, 0.29) is 42.9 Å². The van der Waals surface area contributed by atoms with E-state index in [9.17, 15) is 0 Å².